The first-order chi connectivity index (χ1) is 8.79. The van der Waals surface area contributed by atoms with Crippen LogP contribution >= 0.6 is 0 Å². The highest BCUT2D eigenvalue weighted by atomic mass is 16.5. The fraction of sp³-hybridized carbons (Fsp3) is 0.500. The summed E-state index contributed by atoms with van der Waals surface area (Å²) < 4.78 is 5.96. The maximum atomic E-state index is 11.4. The van der Waals surface area contributed by atoms with Gasteiger partial charge < -0.3 is 15.8 Å². The Morgan fingerprint density at radius 1 is 1.28 bits per heavy atom. The number of para-hydroxylation sites is 1. The van der Waals surface area contributed by atoms with E-state index in [0.29, 0.717) is 0 Å². The summed E-state index contributed by atoms with van der Waals surface area (Å²) >= 11 is 0. The lowest BCUT2D eigenvalue weighted by Gasteiger charge is -2.32. The monoisotopic (exact) mass is 248 g/mol. The first-order valence-electron chi connectivity index (χ1n) is 6.50. The molecule has 2 rings (SSSR count). The molecule has 0 bridgehead atoms. The molecule has 0 saturated heterocycles. The molecule has 4 nitrogen and oxygen atoms in total. The topological polar surface area (TPSA) is 64.4 Å². The first-order valence-corrected chi connectivity index (χ1v) is 6.50. The Hall–Kier alpha value is -1.55. The van der Waals surface area contributed by atoms with Crippen molar-refractivity contribution in [3.05, 3.63) is 30.3 Å². The van der Waals surface area contributed by atoms with Gasteiger partial charge in [0.1, 0.15) is 11.9 Å². The van der Waals surface area contributed by atoms with Gasteiger partial charge in [-0.1, -0.05) is 24.6 Å². The molecule has 2 unspecified atom stereocenters. The van der Waals surface area contributed by atoms with Crippen LogP contribution in [-0.4, -0.2) is 24.6 Å². The van der Waals surface area contributed by atoms with Crippen molar-refractivity contribution in [2.45, 2.75) is 37.8 Å². The van der Waals surface area contributed by atoms with Gasteiger partial charge in [-0.2, -0.15) is 0 Å². The number of nitrogens with one attached hydrogen (secondary N) is 1. The highest BCUT2D eigenvalue weighted by molar-refractivity contribution is 5.78. The van der Waals surface area contributed by atoms with E-state index >= 15 is 0 Å². The van der Waals surface area contributed by atoms with E-state index in [2.05, 4.69) is 5.32 Å². The van der Waals surface area contributed by atoms with Crippen LogP contribution in [0.3, 0.4) is 0 Å². The highest BCUT2D eigenvalue weighted by Gasteiger charge is 2.27. The van der Waals surface area contributed by atoms with Crippen LogP contribution < -0.4 is 15.8 Å². The zero-order chi connectivity index (χ0) is 12.8. The van der Waals surface area contributed by atoms with Gasteiger partial charge in [0, 0.05) is 0 Å². The smallest absolute Gasteiger partial charge is 0.234 e. The van der Waals surface area contributed by atoms with Gasteiger partial charge in [0.2, 0.25) is 5.91 Å². The van der Waals surface area contributed by atoms with Crippen molar-refractivity contribution in [1.82, 2.24) is 5.32 Å². The van der Waals surface area contributed by atoms with Gasteiger partial charge in [-0.15, -0.1) is 0 Å². The van der Waals surface area contributed by atoms with E-state index in [1.165, 1.54) is 0 Å². The summed E-state index contributed by atoms with van der Waals surface area (Å²) in [5.74, 6) is 0.750. The average Bonchev–Trinajstić information content (AvgIpc) is 2.42. The predicted octanol–water partition coefficient (Wildman–Crippen LogP) is 1.45. The number of nitrogens with two attached hydrogens (primary N) is 1. The van der Waals surface area contributed by atoms with E-state index in [1.807, 2.05) is 30.3 Å². The molecule has 1 aliphatic carbocycles. The van der Waals surface area contributed by atoms with E-state index in [-0.39, 0.29) is 24.6 Å². The highest BCUT2D eigenvalue weighted by Crippen LogP contribution is 2.23. The number of hydrogen-bond acceptors (Lipinski definition) is 3. The first kappa shape index (κ1) is 12.9. The third kappa shape index (κ3) is 3.47. The number of amides is 1. The number of carbonyl (C=O) groups excluding carboxylic acids is 1. The Morgan fingerprint density at radius 3 is 2.72 bits per heavy atom. The second-order valence-electron chi connectivity index (χ2n) is 4.63. The van der Waals surface area contributed by atoms with Crippen LogP contribution in [0.1, 0.15) is 25.7 Å². The third-order valence-electron chi connectivity index (χ3n) is 3.26. The fourth-order valence-electron chi connectivity index (χ4n) is 2.34. The van der Waals surface area contributed by atoms with Crippen LogP contribution in [0.25, 0.3) is 0 Å². The number of hydrogen-bond donors (Lipinski definition) is 2. The molecule has 0 spiro atoms. The molecule has 1 fully saturated rings. The summed E-state index contributed by atoms with van der Waals surface area (Å²) in [6.45, 7) is 0.0363. The molecule has 1 aromatic carbocycles. The molecule has 18 heavy (non-hydrogen) atoms. The third-order valence-corrected chi connectivity index (χ3v) is 3.26. The van der Waals surface area contributed by atoms with Crippen LogP contribution in [0.5, 0.6) is 5.75 Å². The normalized spacial score (nSPS) is 23.4. The molecular formula is C14H20N2O2. The van der Waals surface area contributed by atoms with Crippen molar-refractivity contribution >= 4 is 5.91 Å². The average molecular weight is 248 g/mol. The Balaban J connectivity index is 1.97. The minimum absolute atomic E-state index is 0.0363. The predicted molar refractivity (Wildman–Crippen MR) is 70.3 cm³/mol. The van der Waals surface area contributed by atoms with Gasteiger partial charge in [0.15, 0.2) is 0 Å². The Morgan fingerprint density at radius 2 is 2.00 bits per heavy atom. The van der Waals surface area contributed by atoms with Gasteiger partial charge in [0.05, 0.1) is 12.6 Å². The lowest BCUT2D eigenvalue weighted by Crippen LogP contribution is -2.49. The van der Waals surface area contributed by atoms with Gasteiger partial charge in [-0.3, -0.25) is 4.79 Å². The second kappa shape index (κ2) is 6.40. The van der Waals surface area contributed by atoms with Gasteiger partial charge in [0.25, 0.3) is 0 Å². The standard InChI is InChI=1S/C14H20N2O2/c15-10-14(17)16-12-8-4-5-9-13(12)18-11-6-2-1-3-7-11/h1-3,6-7,12-13H,4-5,8-10,15H2,(H,16,17). The van der Waals surface area contributed by atoms with Crippen LogP contribution in [0, 0.1) is 0 Å². The second-order valence-corrected chi connectivity index (χ2v) is 4.63. The summed E-state index contributed by atoms with van der Waals surface area (Å²) in [5, 5.41) is 2.95. The summed E-state index contributed by atoms with van der Waals surface area (Å²) in [6, 6.07) is 9.82. The van der Waals surface area contributed by atoms with E-state index in [0.717, 1.165) is 31.4 Å². The molecule has 2 atom stereocenters. The minimum Gasteiger partial charge on any atom is -0.488 e. The molecule has 3 N–H and O–H groups in total. The zero-order valence-electron chi connectivity index (χ0n) is 10.5. The Bertz CT molecular complexity index is 381. The molecule has 98 valence electrons. The van der Waals surface area contributed by atoms with Crippen LogP contribution in [0.4, 0.5) is 0 Å². The summed E-state index contributed by atoms with van der Waals surface area (Å²) in [4.78, 5) is 11.4. The Labute approximate surface area is 108 Å². The lowest BCUT2D eigenvalue weighted by molar-refractivity contribution is -0.121. The molecular weight excluding hydrogens is 228 g/mol. The number of rotatable bonds is 4. The van der Waals surface area contributed by atoms with Crippen molar-refractivity contribution in [2.75, 3.05) is 6.54 Å². The van der Waals surface area contributed by atoms with Crippen molar-refractivity contribution in [3.63, 3.8) is 0 Å². The molecule has 0 aromatic heterocycles. The lowest BCUT2D eigenvalue weighted by atomic mass is 9.92. The molecule has 4 heteroatoms. The minimum atomic E-state index is -0.108. The van der Waals surface area contributed by atoms with Crippen molar-refractivity contribution < 1.29 is 9.53 Å². The van der Waals surface area contributed by atoms with Crippen molar-refractivity contribution in [1.29, 1.82) is 0 Å². The maximum Gasteiger partial charge on any atom is 0.234 e. The van der Waals surface area contributed by atoms with Crippen LogP contribution in [0.15, 0.2) is 30.3 Å². The number of benzene rings is 1. The van der Waals surface area contributed by atoms with Gasteiger partial charge in [-0.05, 0) is 31.4 Å². The van der Waals surface area contributed by atoms with Crippen molar-refractivity contribution in [2.24, 2.45) is 5.73 Å². The number of ether oxygens (including phenoxy) is 1. The van der Waals surface area contributed by atoms with E-state index in [4.69, 9.17) is 10.5 Å². The summed E-state index contributed by atoms with van der Waals surface area (Å²) in [7, 11) is 0. The Kier molecular flexibility index (Phi) is 4.59. The number of carbonyl (C=O) groups is 1. The maximum absolute atomic E-state index is 11.4. The molecule has 0 heterocycles. The molecule has 0 radical (unpaired) electrons. The van der Waals surface area contributed by atoms with Gasteiger partial charge >= 0.3 is 0 Å². The SMILES string of the molecule is NCC(=O)NC1CCCCC1Oc1ccccc1. The summed E-state index contributed by atoms with van der Waals surface area (Å²) in [6.07, 6.45) is 4.27. The molecule has 1 amide bonds. The largest absolute Gasteiger partial charge is 0.488 e. The van der Waals surface area contributed by atoms with Crippen LogP contribution in [0.2, 0.25) is 0 Å². The molecule has 1 aliphatic rings. The van der Waals surface area contributed by atoms with Crippen molar-refractivity contribution in [3.8, 4) is 5.75 Å². The van der Waals surface area contributed by atoms with E-state index in [9.17, 15) is 4.79 Å². The molecule has 0 aliphatic heterocycles. The molecule has 1 aromatic rings. The fourth-order valence-corrected chi connectivity index (χ4v) is 2.34. The van der Waals surface area contributed by atoms with Gasteiger partial charge in [-0.25, -0.2) is 0 Å². The van der Waals surface area contributed by atoms with Crippen LogP contribution in [-0.2, 0) is 4.79 Å². The quantitative estimate of drug-likeness (QED) is 0.847. The molecule has 1 saturated carbocycles. The zero-order valence-corrected chi connectivity index (χ0v) is 10.5. The van der Waals surface area contributed by atoms with E-state index in [1.54, 1.807) is 0 Å². The summed E-state index contributed by atoms with van der Waals surface area (Å²) in [5.41, 5.74) is 5.33. The van der Waals surface area contributed by atoms with E-state index < -0.39 is 0 Å².